The first-order chi connectivity index (χ1) is 15.6. The van der Waals surface area contributed by atoms with Crippen LogP contribution in [0.1, 0.15) is 30.9 Å². The number of rotatable bonds is 5. The Morgan fingerprint density at radius 1 is 1.16 bits per heavy atom. The maximum atomic E-state index is 12.3. The molecule has 0 radical (unpaired) electrons. The molecule has 1 aliphatic rings. The van der Waals surface area contributed by atoms with Crippen molar-refractivity contribution in [3.63, 3.8) is 0 Å². The van der Waals surface area contributed by atoms with Gasteiger partial charge in [-0.25, -0.2) is 0 Å². The topological polar surface area (TPSA) is 81.8 Å². The molecule has 1 fully saturated rings. The second kappa shape index (κ2) is 8.48. The molecule has 2 N–H and O–H groups in total. The van der Waals surface area contributed by atoms with Crippen molar-refractivity contribution < 1.29 is 9.52 Å². The molecule has 0 spiro atoms. The van der Waals surface area contributed by atoms with Crippen LogP contribution in [0.5, 0.6) is 5.88 Å². The lowest BCUT2D eigenvalue weighted by atomic mass is 10.0. The smallest absolute Gasteiger partial charge is 0.258 e. The van der Waals surface area contributed by atoms with Gasteiger partial charge in [-0.3, -0.25) is 19.7 Å². The van der Waals surface area contributed by atoms with Crippen LogP contribution in [0.15, 0.2) is 75.3 Å². The van der Waals surface area contributed by atoms with Gasteiger partial charge < -0.3 is 9.52 Å². The summed E-state index contributed by atoms with van der Waals surface area (Å²) >= 11 is 0. The Bertz CT molecular complexity index is 1320. The first-order valence-corrected chi connectivity index (χ1v) is 10.9. The van der Waals surface area contributed by atoms with Crippen LogP contribution in [0.4, 0.5) is 5.69 Å². The van der Waals surface area contributed by atoms with E-state index in [1.54, 1.807) is 24.8 Å². The highest BCUT2D eigenvalue weighted by molar-refractivity contribution is 6.03. The van der Waals surface area contributed by atoms with Crippen molar-refractivity contribution in [1.29, 1.82) is 0 Å². The Labute approximate surface area is 185 Å². The summed E-state index contributed by atoms with van der Waals surface area (Å²) in [5, 5.41) is 11.6. The number of benzene rings is 2. The van der Waals surface area contributed by atoms with Gasteiger partial charge >= 0.3 is 0 Å². The van der Waals surface area contributed by atoms with Crippen LogP contribution in [0.2, 0.25) is 0 Å². The van der Waals surface area contributed by atoms with E-state index in [4.69, 9.17) is 4.42 Å². The van der Waals surface area contributed by atoms with Crippen LogP contribution < -0.4 is 5.56 Å². The van der Waals surface area contributed by atoms with E-state index in [9.17, 15) is 9.90 Å². The van der Waals surface area contributed by atoms with Crippen LogP contribution in [0, 0.1) is 0 Å². The van der Waals surface area contributed by atoms with Crippen LogP contribution in [0.3, 0.4) is 0 Å². The maximum absolute atomic E-state index is 12.3. The second-order valence-electron chi connectivity index (χ2n) is 8.38. The van der Waals surface area contributed by atoms with Gasteiger partial charge in [-0.2, -0.15) is 0 Å². The molecule has 32 heavy (non-hydrogen) atoms. The van der Waals surface area contributed by atoms with Crippen LogP contribution in [-0.2, 0) is 6.54 Å². The normalized spacial score (nSPS) is 17.0. The minimum Gasteiger partial charge on any atom is -0.494 e. The lowest BCUT2D eigenvalue weighted by Gasteiger charge is -2.20. The Morgan fingerprint density at radius 2 is 2.00 bits per heavy atom. The highest BCUT2D eigenvalue weighted by Crippen LogP contribution is 2.28. The Morgan fingerprint density at radius 3 is 2.72 bits per heavy atom. The predicted octanol–water partition coefficient (Wildman–Crippen LogP) is 5.23. The first-order valence-electron chi connectivity index (χ1n) is 10.9. The molecule has 3 heterocycles. The molecule has 1 saturated heterocycles. The molecule has 2 aromatic carbocycles. The summed E-state index contributed by atoms with van der Waals surface area (Å²) in [7, 11) is 0. The van der Waals surface area contributed by atoms with Crippen molar-refractivity contribution in [2.45, 2.75) is 32.4 Å². The van der Waals surface area contributed by atoms with E-state index in [-0.39, 0.29) is 11.4 Å². The number of likely N-dealkylation sites (tertiary alicyclic amines) is 1. The standard InChI is InChI=1S/C26H25N3O3/c1-17-3-2-11-29(17)15-18-4-7-21(8-5-18)27-14-24-23-13-19(20-10-12-32-16-20)6-9-22(23)25(30)28-26(24)31/h4-10,12-14,16-17H,2-3,11,15H2,1H3,(H2,28,30,31). The summed E-state index contributed by atoms with van der Waals surface area (Å²) < 4.78 is 5.17. The minimum atomic E-state index is -0.339. The van der Waals surface area contributed by atoms with Crippen molar-refractivity contribution in [3.05, 3.63) is 82.5 Å². The summed E-state index contributed by atoms with van der Waals surface area (Å²) in [6.45, 7) is 4.39. The molecule has 1 atom stereocenters. The number of aromatic hydroxyl groups is 1. The molecule has 162 valence electrons. The molecule has 0 aliphatic carbocycles. The number of H-pyrrole nitrogens is 1. The summed E-state index contributed by atoms with van der Waals surface area (Å²) in [4.78, 5) is 21.9. The SMILES string of the molecule is CC1CCCN1Cc1ccc(N=Cc2c(O)[nH]c(=O)c3ccc(-c4ccoc4)cc23)cc1. The molecule has 2 aromatic heterocycles. The van der Waals surface area contributed by atoms with Gasteiger partial charge in [0.1, 0.15) is 0 Å². The number of pyridine rings is 1. The van der Waals surface area contributed by atoms with Gasteiger partial charge in [0.2, 0.25) is 5.88 Å². The zero-order chi connectivity index (χ0) is 22.1. The maximum Gasteiger partial charge on any atom is 0.258 e. The van der Waals surface area contributed by atoms with Crippen molar-refractivity contribution >= 4 is 22.7 Å². The fourth-order valence-electron chi connectivity index (χ4n) is 4.36. The highest BCUT2D eigenvalue weighted by Gasteiger charge is 2.19. The Balaban J connectivity index is 1.45. The van der Waals surface area contributed by atoms with Gasteiger partial charge in [-0.15, -0.1) is 0 Å². The van der Waals surface area contributed by atoms with E-state index < -0.39 is 0 Å². The van der Waals surface area contributed by atoms with Crippen LogP contribution in [0.25, 0.3) is 21.9 Å². The number of fused-ring (bicyclic) bond motifs is 1. The molecule has 6 heteroatoms. The minimum absolute atomic E-state index is 0.199. The number of aromatic nitrogens is 1. The largest absolute Gasteiger partial charge is 0.494 e. The molecular formula is C26H25N3O3. The third-order valence-corrected chi connectivity index (χ3v) is 6.25. The third kappa shape index (κ3) is 3.97. The Hall–Kier alpha value is -3.64. The molecule has 0 bridgehead atoms. The van der Waals surface area contributed by atoms with Crippen molar-refractivity contribution in [3.8, 4) is 17.0 Å². The monoisotopic (exact) mass is 427 g/mol. The van der Waals surface area contributed by atoms with Gasteiger partial charge in [-0.05, 0) is 67.8 Å². The molecular weight excluding hydrogens is 402 g/mol. The van der Waals surface area contributed by atoms with E-state index in [2.05, 4.69) is 33.9 Å². The average Bonchev–Trinajstić information content (AvgIpc) is 3.47. The van der Waals surface area contributed by atoms with Crippen LogP contribution in [-0.4, -0.2) is 33.8 Å². The number of aromatic amines is 1. The summed E-state index contributed by atoms with van der Waals surface area (Å²) in [5.41, 5.74) is 3.98. The molecule has 5 rings (SSSR count). The molecule has 1 aliphatic heterocycles. The van der Waals surface area contributed by atoms with Crippen molar-refractivity contribution in [1.82, 2.24) is 9.88 Å². The fourth-order valence-corrected chi connectivity index (χ4v) is 4.36. The number of hydrogen-bond donors (Lipinski definition) is 2. The van der Waals surface area contributed by atoms with Gasteiger partial charge in [0, 0.05) is 35.1 Å². The van der Waals surface area contributed by atoms with Gasteiger partial charge in [0.05, 0.1) is 23.8 Å². The Kier molecular flexibility index (Phi) is 5.37. The van der Waals surface area contributed by atoms with E-state index in [0.717, 1.165) is 29.9 Å². The predicted molar refractivity (Wildman–Crippen MR) is 127 cm³/mol. The van der Waals surface area contributed by atoms with E-state index >= 15 is 0 Å². The summed E-state index contributed by atoms with van der Waals surface area (Å²) in [6, 6.07) is 16.1. The number of hydrogen-bond acceptors (Lipinski definition) is 5. The van der Waals surface area contributed by atoms with Gasteiger partial charge in [0.25, 0.3) is 5.56 Å². The average molecular weight is 428 g/mol. The lowest BCUT2D eigenvalue weighted by molar-refractivity contribution is 0.260. The number of nitrogens with one attached hydrogen (secondary N) is 1. The third-order valence-electron chi connectivity index (χ3n) is 6.25. The first kappa shape index (κ1) is 20.3. The quantitative estimate of drug-likeness (QED) is 0.427. The van der Waals surface area contributed by atoms with Crippen molar-refractivity contribution in [2.75, 3.05) is 6.54 Å². The van der Waals surface area contributed by atoms with Crippen LogP contribution >= 0.6 is 0 Å². The van der Waals surface area contributed by atoms with Gasteiger partial charge in [0.15, 0.2) is 0 Å². The zero-order valence-electron chi connectivity index (χ0n) is 17.9. The molecule has 6 nitrogen and oxygen atoms in total. The summed E-state index contributed by atoms with van der Waals surface area (Å²) in [6.07, 6.45) is 7.38. The molecule has 0 amide bonds. The van der Waals surface area contributed by atoms with Gasteiger partial charge in [-0.1, -0.05) is 18.2 Å². The van der Waals surface area contributed by atoms with Crippen molar-refractivity contribution in [2.24, 2.45) is 4.99 Å². The molecule has 1 unspecified atom stereocenters. The number of furan rings is 1. The summed E-state index contributed by atoms with van der Waals surface area (Å²) in [5.74, 6) is -0.199. The zero-order valence-corrected chi connectivity index (χ0v) is 17.9. The number of aliphatic imine (C=N–C) groups is 1. The van der Waals surface area contributed by atoms with E-state index in [1.807, 2.05) is 30.3 Å². The highest BCUT2D eigenvalue weighted by atomic mass is 16.3. The molecule has 4 aromatic rings. The van der Waals surface area contributed by atoms with E-state index in [0.29, 0.717) is 22.4 Å². The number of nitrogens with zero attached hydrogens (tertiary/aromatic N) is 2. The lowest BCUT2D eigenvalue weighted by Crippen LogP contribution is -2.26. The second-order valence-corrected chi connectivity index (χ2v) is 8.38. The fraction of sp³-hybridized carbons (Fsp3) is 0.231. The molecule has 0 saturated carbocycles. The van der Waals surface area contributed by atoms with E-state index in [1.165, 1.54) is 18.4 Å².